The zero-order chi connectivity index (χ0) is 18.0. The minimum atomic E-state index is 0.247. The smallest absolute Gasteiger partial charge is 0.222 e. The second-order valence-electron chi connectivity index (χ2n) is 7.81. The van der Waals surface area contributed by atoms with E-state index >= 15 is 0 Å². The molecule has 2 fully saturated rings. The maximum absolute atomic E-state index is 12.9. The summed E-state index contributed by atoms with van der Waals surface area (Å²) in [6.45, 7) is 8.71. The predicted octanol–water partition coefficient (Wildman–Crippen LogP) is 1.44. The van der Waals surface area contributed by atoms with Gasteiger partial charge in [0, 0.05) is 45.3 Å². The fraction of sp³-hybridized carbons (Fsp3) is 0.789. The lowest BCUT2D eigenvalue weighted by Crippen LogP contribution is -2.43. The Hall–Kier alpha value is -1.40. The van der Waals surface area contributed by atoms with Gasteiger partial charge < -0.3 is 15.0 Å². The highest BCUT2D eigenvalue weighted by atomic mass is 16.5. The van der Waals surface area contributed by atoms with Gasteiger partial charge in [-0.25, -0.2) is 0 Å². The second-order valence-corrected chi connectivity index (χ2v) is 7.81. The van der Waals surface area contributed by atoms with E-state index in [0.29, 0.717) is 12.3 Å². The first-order valence-electron chi connectivity index (χ1n) is 9.43. The van der Waals surface area contributed by atoms with Crippen molar-refractivity contribution in [2.75, 3.05) is 39.9 Å². The van der Waals surface area contributed by atoms with Crippen molar-refractivity contribution in [3.63, 3.8) is 0 Å². The SMILES string of the molecule is COCC1CN(C(=O)CCc2c(C)nn(C)c2C)CC12CCNCC2. The molecule has 3 rings (SSSR count). The third kappa shape index (κ3) is 3.60. The van der Waals surface area contributed by atoms with Crippen LogP contribution in [-0.4, -0.2) is 60.5 Å². The van der Waals surface area contributed by atoms with Crippen molar-refractivity contribution >= 4 is 5.91 Å². The number of hydrogen-bond acceptors (Lipinski definition) is 4. The summed E-state index contributed by atoms with van der Waals surface area (Å²) in [5, 5.41) is 7.91. The zero-order valence-corrected chi connectivity index (χ0v) is 16.1. The molecule has 0 saturated carbocycles. The van der Waals surface area contributed by atoms with Crippen molar-refractivity contribution in [1.29, 1.82) is 0 Å². The van der Waals surface area contributed by atoms with Crippen LogP contribution >= 0.6 is 0 Å². The Morgan fingerprint density at radius 2 is 2.08 bits per heavy atom. The summed E-state index contributed by atoms with van der Waals surface area (Å²) in [6, 6.07) is 0. The molecule has 0 bridgehead atoms. The predicted molar refractivity (Wildman–Crippen MR) is 97.5 cm³/mol. The summed E-state index contributed by atoms with van der Waals surface area (Å²) in [7, 11) is 3.73. The second kappa shape index (κ2) is 7.46. The van der Waals surface area contributed by atoms with Gasteiger partial charge in [0.15, 0.2) is 0 Å². The average molecular weight is 348 g/mol. The Balaban J connectivity index is 1.64. The minimum Gasteiger partial charge on any atom is -0.384 e. The molecule has 6 heteroatoms. The monoisotopic (exact) mass is 348 g/mol. The van der Waals surface area contributed by atoms with Crippen LogP contribution in [0.4, 0.5) is 0 Å². The average Bonchev–Trinajstić information content (AvgIpc) is 3.05. The van der Waals surface area contributed by atoms with Gasteiger partial charge in [-0.2, -0.15) is 5.10 Å². The maximum atomic E-state index is 12.9. The number of likely N-dealkylation sites (tertiary alicyclic amines) is 1. The van der Waals surface area contributed by atoms with E-state index in [4.69, 9.17) is 4.74 Å². The molecule has 0 aliphatic carbocycles. The van der Waals surface area contributed by atoms with Gasteiger partial charge in [0.1, 0.15) is 0 Å². The van der Waals surface area contributed by atoms with Crippen LogP contribution in [0.15, 0.2) is 0 Å². The molecule has 1 aromatic heterocycles. The Morgan fingerprint density at radius 3 is 2.68 bits per heavy atom. The topological polar surface area (TPSA) is 59.4 Å². The molecule has 0 aromatic carbocycles. The van der Waals surface area contributed by atoms with E-state index < -0.39 is 0 Å². The number of carbonyl (C=O) groups is 1. The third-order valence-corrected chi connectivity index (χ3v) is 6.38. The molecule has 1 N–H and O–H groups in total. The van der Waals surface area contributed by atoms with Gasteiger partial charge in [0.2, 0.25) is 5.91 Å². The molecule has 1 aromatic rings. The molecule has 140 valence electrons. The maximum Gasteiger partial charge on any atom is 0.222 e. The van der Waals surface area contributed by atoms with Crippen LogP contribution < -0.4 is 5.32 Å². The number of methoxy groups -OCH3 is 1. The Bertz CT molecular complexity index is 619. The molecule has 1 amide bonds. The largest absolute Gasteiger partial charge is 0.384 e. The van der Waals surface area contributed by atoms with Gasteiger partial charge in [-0.15, -0.1) is 0 Å². The first-order valence-corrected chi connectivity index (χ1v) is 9.43. The fourth-order valence-electron chi connectivity index (χ4n) is 4.71. The van der Waals surface area contributed by atoms with E-state index in [2.05, 4.69) is 22.2 Å². The zero-order valence-electron chi connectivity index (χ0n) is 16.1. The number of nitrogens with zero attached hydrogens (tertiary/aromatic N) is 3. The van der Waals surface area contributed by atoms with Crippen LogP contribution in [0.5, 0.6) is 0 Å². The summed E-state index contributed by atoms with van der Waals surface area (Å²) in [5.74, 6) is 0.740. The highest BCUT2D eigenvalue weighted by Crippen LogP contribution is 2.43. The van der Waals surface area contributed by atoms with E-state index in [-0.39, 0.29) is 11.3 Å². The van der Waals surface area contributed by atoms with Crippen LogP contribution in [0, 0.1) is 25.2 Å². The number of amides is 1. The van der Waals surface area contributed by atoms with E-state index in [9.17, 15) is 4.79 Å². The molecule has 1 spiro atoms. The van der Waals surface area contributed by atoms with Gasteiger partial charge in [0.25, 0.3) is 0 Å². The molecule has 2 aliphatic rings. The highest BCUT2D eigenvalue weighted by molar-refractivity contribution is 5.77. The molecule has 1 atom stereocenters. The summed E-state index contributed by atoms with van der Waals surface area (Å²) in [4.78, 5) is 15.0. The van der Waals surface area contributed by atoms with Crippen molar-refractivity contribution in [2.45, 2.75) is 39.5 Å². The van der Waals surface area contributed by atoms with Crippen LogP contribution in [0.2, 0.25) is 0 Å². The summed E-state index contributed by atoms with van der Waals surface area (Å²) in [6.07, 6.45) is 3.64. The molecule has 2 aliphatic heterocycles. The highest BCUT2D eigenvalue weighted by Gasteiger charge is 2.47. The lowest BCUT2D eigenvalue weighted by molar-refractivity contribution is -0.130. The number of ether oxygens (including phenoxy) is 1. The van der Waals surface area contributed by atoms with Crippen LogP contribution in [0.25, 0.3) is 0 Å². The minimum absolute atomic E-state index is 0.247. The molecular weight excluding hydrogens is 316 g/mol. The van der Waals surface area contributed by atoms with Gasteiger partial charge in [-0.3, -0.25) is 9.48 Å². The number of aryl methyl sites for hydroxylation is 2. The van der Waals surface area contributed by atoms with E-state index in [1.807, 2.05) is 18.7 Å². The normalized spacial score (nSPS) is 22.7. The summed E-state index contributed by atoms with van der Waals surface area (Å²) >= 11 is 0. The Kier molecular flexibility index (Phi) is 5.49. The van der Waals surface area contributed by atoms with Crippen LogP contribution in [0.1, 0.15) is 36.2 Å². The van der Waals surface area contributed by atoms with Crippen LogP contribution in [-0.2, 0) is 23.0 Å². The van der Waals surface area contributed by atoms with Crippen molar-refractivity contribution < 1.29 is 9.53 Å². The molecule has 0 radical (unpaired) electrons. The summed E-state index contributed by atoms with van der Waals surface area (Å²) < 4.78 is 7.38. The first kappa shape index (κ1) is 18.4. The number of aromatic nitrogens is 2. The molecular formula is C19H32N4O2. The van der Waals surface area contributed by atoms with Gasteiger partial charge in [-0.1, -0.05) is 0 Å². The fourth-order valence-corrected chi connectivity index (χ4v) is 4.71. The number of nitrogens with one attached hydrogen (secondary N) is 1. The number of piperidine rings is 1. The molecule has 6 nitrogen and oxygen atoms in total. The van der Waals surface area contributed by atoms with Crippen molar-refractivity contribution in [3.05, 3.63) is 17.0 Å². The Labute approximate surface area is 150 Å². The quantitative estimate of drug-likeness (QED) is 0.875. The van der Waals surface area contributed by atoms with Gasteiger partial charge in [0.05, 0.1) is 12.3 Å². The Morgan fingerprint density at radius 1 is 1.36 bits per heavy atom. The molecule has 25 heavy (non-hydrogen) atoms. The van der Waals surface area contributed by atoms with Crippen LogP contribution in [0.3, 0.4) is 0 Å². The standard InChI is InChI=1S/C19H32N4O2/c1-14-17(15(2)22(3)21-14)5-6-18(24)23-11-16(12-25-4)19(13-23)7-9-20-10-8-19/h16,20H,5-13H2,1-4H3. The van der Waals surface area contributed by atoms with Crippen molar-refractivity contribution in [2.24, 2.45) is 18.4 Å². The van der Waals surface area contributed by atoms with Crippen molar-refractivity contribution in [1.82, 2.24) is 20.0 Å². The van der Waals surface area contributed by atoms with E-state index in [1.165, 1.54) is 11.3 Å². The first-order chi connectivity index (χ1) is 12.0. The number of carbonyl (C=O) groups excluding carboxylic acids is 1. The third-order valence-electron chi connectivity index (χ3n) is 6.38. The van der Waals surface area contributed by atoms with Gasteiger partial charge in [-0.05, 0) is 57.2 Å². The van der Waals surface area contributed by atoms with E-state index in [0.717, 1.165) is 57.7 Å². The molecule has 1 unspecified atom stereocenters. The number of rotatable bonds is 5. The number of hydrogen-bond donors (Lipinski definition) is 1. The summed E-state index contributed by atoms with van der Waals surface area (Å²) in [5.41, 5.74) is 3.68. The van der Waals surface area contributed by atoms with E-state index in [1.54, 1.807) is 7.11 Å². The lowest BCUT2D eigenvalue weighted by atomic mass is 9.71. The lowest BCUT2D eigenvalue weighted by Gasteiger charge is -2.38. The molecule has 2 saturated heterocycles. The van der Waals surface area contributed by atoms with Crippen molar-refractivity contribution in [3.8, 4) is 0 Å². The van der Waals surface area contributed by atoms with Gasteiger partial charge >= 0.3 is 0 Å². The molecule has 3 heterocycles.